The summed E-state index contributed by atoms with van der Waals surface area (Å²) in [5, 5.41) is 2.04. The molecule has 0 aliphatic rings. The molecule has 1 heterocycles. The summed E-state index contributed by atoms with van der Waals surface area (Å²) in [5.74, 6) is 0. The van der Waals surface area contributed by atoms with Crippen LogP contribution >= 0.6 is 39.7 Å². The van der Waals surface area contributed by atoms with Crippen LogP contribution in [-0.4, -0.2) is 0 Å². The smallest absolute Gasteiger partial charge is 0.0424 e. The quantitative estimate of drug-likeness (QED) is 0.834. The number of hydrogen-bond acceptors (Lipinski definition) is 2. The Bertz CT molecular complexity index is 249. The first-order valence-electron chi connectivity index (χ1n) is 3.34. The van der Waals surface area contributed by atoms with Gasteiger partial charge in [-0.1, -0.05) is 6.08 Å². The van der Waals surface area contributed by atoms with Crippen molar-refractivity contribution in [2.75, 3.05) is 0 Å². The Labute approximate surface area is 91.2 Å². The summed E-state index contributed by atoms with van der Waals surface area (Å²) in [7, 11) is 0. The van der Waals surface area contributed by atoms with Gasteiger partial charge >= 0.3 is 0 Å². The Balaban J connectivity index is 0.00000121. The molecule has 1 aromatic heterocycles. The van der Waals surface area contributed by atoms with Crippen molar-refractivity contribution in [1.82, 2.24) is 0 Å². The fourth-order valence-corrected chi connectivity index (χ4v) is 2.28. The van der Waals surface area contributed by atoms with Crippen LogP contribution in [0.15, 0.2) is 28.6 Å². The summed E-state index contributed by atoms with van der Waals surface area (Å²) in [4.78, 5) is 1.21. The standard InChI is InChI=1S/C8H10BrNS.ClH/c1-2-3-7(10)8-4-6(9)5-11-8;/h2,4-5,7H,1,3,10H2;1H. The van der Waals surface area contributed by atoms with Crippen LogP contribution in [0.4, 0.5) is 0 Å². The molecule has 0 aliphatic carbocycles. The number of hydrogen-bond donors (Lipinski definition) is 1. The van der Waals surface area contributed by atoms with Gasteiger partial charge in [0.15, 0.2) is 0 Å². The molecule has 0 aliphatic heterocycles. The van der Waals surface area contributed by atoms with E-state index in [0.717, 1.165) is 10.9 Å². The molecule has 1 nitrogen and oxygen atoms in total. The second-order valence-electron chi connectivity index (χ2n) is 2.30. The Morgan fingerprint density at radius 2 is 2.42 bits per heavy atom. The molecule has 0 bridgehead atoms. The summed E-state index contributed by atoms with van der Waals surface area (Å²) in [6.07, 6.45) is 2.69. The first kappa shape index (κ1) is 12.2. The molecule has 68 valence electrons. The molecule has 0 fully saturated rings. The second-order valence-corrected chi connectivity index (χ2v) is 4.16. The molecule has 0 amide bonds. The van der Waals surface area contributed by atoms with Crippen LogP contribution in [0.3, 0.4) is 0 Å². The third-order valence-corrected chi connectivity index (χ3v) is 3.20. The molecular formula is C8H11BrClNS. The summed E-state index contributed by atoms with van der Waals surface area (Å²) < 4.78 is 1.11. The molecule has 0 saturated heterocycles. The van der Waals surface area contributed by atoms with Crippen molar-refractivity contribution >= 4 is 39.7 Å². The Kier molecular flexibility index (Phi) is 5.84. The maximum atomic E-state index is 5.84. The largest absolute Gasteiger partial charge is 0.323 e. The normalized spacial score (nSPS) is 11.8. The maximum Gasteiger partial charge on any atom is 0.0424 e. The lowest BCUT2D eigenvalue weighted by atomic mass is 10.2. The summed E-state index contributed by atoms with van der Waals surface area (Å²) >= 11 is 5.06. The van der Waals surface area contributed by atoms with Crippen LogP contribution in [0.25, 0.3) is 0 Å². The molecule has 1 atom stereocenters. The predicted octanol–water partition coefficient (Wildman–Crippen LogP) is 3.51. The van der Waals surface area contributed by atoms with Gasteiger partial charge in [-0.3, -0.25) is 0 Å². The number of nitrogens with two attached hydrogens (primary N) is 1. The highest BCUT2D eigenvalue weighted by molar-refractivity contribution is 9.10. The van der Waals surface area contributed by atoms with Gasteiger partial charge in [-0.2, -0.15) is 0 Å². The molecule has 0 aromatic carbocycles. The molecule has 1 aromatic rings. The van der Waals surface area contributed by atoms with Crippen LogP contribution in [0.2, 0.25) is 0 Å². The molecule has 12 heavy (non-hydrogen) atoms. The molecule has 0 radical (unpaired) electrons. The first-order chi connectivity index (χ1) is 5.24. The fraction of sp³-hybridized carbons (Fsp3) is 0.250. The molecule has 2 N–H and O–H groups in total. The lowest BCUT2D eigenvalue weighted by Crippen LogP contribution is -2.06. The fourth-order valence-electron chi connectivity index (χ4n) is 0.818. The van der Waals surface area contributed by atoms with E-state index in [0.29, 0.717) is 0 Å². The third-order valence-electron chi connectivity index (χ3n) is 1.37. The number of halogens is 2. The van der Waals surface area contributed by atoms with Crippen molar-refractivity contribution in [3.63, 3.8) is 0 Å². The molecule has 0 spiro atoms. The molecule has 1 unspecified atom stereocenters. The van der Waals surface area contributed by atoms with Gasteiger partial charge in [0.05, 0.1) is 0 Å². The van der Waals surface area contributed by atoms with Crippen molar-refractivity contribution in [3.8, 4) is 0 Å². The third kappa shape index (κ3) is 3.27. The van der Waals surface area contributed by atoms with E-state index >= 15 is 0 Å². The lowest BCUT2D eigenvalue weighted by molar-refractivity contribution is 0.757. The van der Waals surface area contributed by atoms with E-state index in [9.17, 15) is 0 Å². The maximum absolute atomic E-state index is 5.84. The molecule has 4 heteroatoms. The van der Waals surface area contributed by atoms with Gasteiger partial charge in [0.1, 0.15) is 0 Å². The number of thiophene rings is 1. The van der Waals surface area contributed by atoms with E-state index in [1.54, 1.807) is 11.3 Å². The first-order valence-corrected chi connectivity index (χ1v) is 5.01. The molecule has 0 saturated carbocycles. The topological polar surface area (TPSA) is 26.0 Å². The van der Waals surface area contributed by atoms with Gasteiger partial charge in [-0.15, -0.1) is 30.3 Å². The zero-order chi connectivity index (χ0) is 8.27. The van der Waals surface area contributed by atoms with E-state index in [4.69, 9.17) is 5.73 Å². The van der Waals surface area contributed by atoms with Crippen molar-refractivity contribution in [3.05, 3.63) is 33.5 Å². The Morgan fingerprint density at radius 1 is 1.75 bits per heavy atom. The van der Waals surface area contributed by atoms with Crippen LogP contribution in [-0.2, 0) is 0 Å². The van der Waals surface area contributed by atoms with Crippen molar-refractivity contribution in [2.24, 2.45) is 5.73 Å². The SMILES string of the molecule is C=CCC(N)c1cc(Br)cs1.Cl. The highest BCUT2D eigenvalue weighted by Crippen LogP contribution is 2.25. The highest BCUT2D eigenvalue weighted by Gasteiger charge is 2.05. The second kappa shape index (κ2) is 5.75. The zero-order valence-corrected chi connectivity index (χ0v) is 9.71. The Morgan fingerprint density at radius 3 is 2.83 bits per heavy atom. The Hall–Kier alpha value is 0.170. The van der Waals surface area contributed by atoms with Crippen molar-refractivity contribution in [1.29, 1.82) is 0 Å². The molecular weight excluding hydrogens is 258 g/mol. The summed E-state index contributed by atoms with van der Waals surface area (Å²) in [5.41, 5.74) is 5.84. The average Bonchev–Trinajstić information content (AvgIpc) is 2.36. The minimum Gasteiger partial charge on any atom is -0.323 e. The van der Waals surface area contributed by atoms with Gasteiger partial charge in [-0.05, 0) is 28.4 Å². The monoisotopic (exact) mass is 267 g/mol. The average molecular weight is 269 g/mol. The number of rotatable bonds is 3. The highest BCUT2D eigenvalue weighted by atomic mass is 79.9. The summed E-state index contributed by atoms with van der Waals surface area (Å²) in [6.45, 7) is 3.65. The van der Waals surface area contributed by atoms with Crippen LogP contribution in [0.1, 0.15) is 17.3 Å². The van der Waals surface area contributed by atoms with Crippen LogP contribution in [0.5, 0.6) is 0 Å². The van der Waals surface area contributed by atoms with Gasteiger partial charge in [-0.25, -0.2) is 0 Å². The van der Waals surface area contributed by atoms with Gasteiger partial charge in [0.25, 0.3) is 0 Å². The van der Waals surface area contributed by atoms with Crippen LogP contribution < -0.4 is 5.73 Å². The lowest BCUT2D eigenvalue weighted by Gasteiger charge is -2.03. The van der Waals surface area contributed by atoms with Gasteiger partial charge in [0.2, 0.25) is 0 Å². The van der Waals surface area contributed by atoms with Gasteiger partial charge in [0, 0.05) is 20.8 Å². The van der Waals surface area contributed by atoms with Crippen LogP contribution in [0, 0.1) is 0 Å². The van der Waals surface area contributed by atoms with Gasteiger partial charge < -0.3 is 5.73 Å². The minimum absolute atomic E-state index is 0. The minimum atomic E-state index is 0. The van der Waals surface area contributed by atoms with E-state index in [1.807, 2.05) is 11.5 Å². The van der Waals surface area contributed by atoms with E-state index in [1.165, 1.54) is 4.88 Å². The zero-order valence-electron chi connectivity index (χ0n) is 6.50. The van der Waals surface area contributed by atoms with Crippen molar-refractivity contribution in [2.45, 2.75) is 12.5 Å². The summed E-state index contributed by atoms with van der Waals surface area (Å²) in [6, 6.07) is 2.17. The van der Waals surface area contributed by atoms with E-state index < -0.39 is 0 Å². The molecule has 1 rings (SSSR count). The van der Waals surface area contributed by atoms with E-state index in [2.05, 4.69) is 28.6 Å². The van der Waals surface area contributed by atoms with Crippen molar-refractivity contribution < 1.29 is 0 Å². The van der Waals surface area contributed by atoms with E-state index in [-0.39, 0.29) is 18.4 Å². The predicted molar refractivity (Wildman–Crippen MR) is 61.0 cm³/mol.